The van der Waals surface area contributed by atoms with Crippen LogP contribution < -0.4 is 4.74 Å². The fourth-order valence-corrected chi connectivity index (χ4v) is 5.02. The zero-order chi connectivity index (χ0) is 19.7. The molecule has 1 fully saturated rings. The minimum atomic E-state index is -3.88. The average Bonchev–Trinajstić information content (AvgIpc) is 2.68. The van der Waals surface area contributed by atoms with E-state index in [0.29, 0.717) is 43.1 Å². The van der Waals surface area contributed by atoms with Crippen molar-refractivity contribution in [2.75, 3.05) is 33.0 Å². The Bertz CT molecular complexity index is 976. The van der Waals surface area contributed by atoms with Crippen molar-refractivity contribution in [3.05, 3.63) is 59.2 Å². The van der Waals surface area contributed by atoms with Gasteiger partial charge in [-0.25, -0.2) is 17.2 Å². The molecule has 0 unspecified atom stereocenters. The van der Waals surface area contributed by atoms with Crippen LogP contribution in [0.2, 0.25) is 0 Å². The van der Waals surface area contributed by atoms with Crippen molar-refractivity contribution in [3.8, 4) is 5.75 Å². The minimum Gasteiger partial charge on any atom is -0.467 e. The standard InChI is InChI=1S/C19H20F2N2O4S/c20-16-9-14(19-15(10-16)12-26-13-27-19)11-22-5-7-23(8-6-22)28(24,25)18-4-2-1-3-17(18)21/h1-4,9-10H,5-8,11-13H2. The van der Waals surface area contributed by atoms with Crippen molar-refractivity contribution in [2.45, 2.75) is 18.0 Å². The largest absolute Gasteiger partial charge is 0.467 e. The first-order valence-electron chi connectivity index (χ1n) is 8.94. The van der Waals surface area contributed by atoms with Gasteiger partial charge < -0.3 is 9.47 Å². The molecular formula is C19H20F2N2O4S. The smallest absolute Gasteiger partial charge is 0.246 e. The Morgan fingerprint density at radius 1 is 1.04 bits per heavy atom. The lowest BCUT2D eigenvalue weighted by molar-refractivity contribution is -0.0178. The molecular weight excluding hydrogens is 390 g/mol. The number of hydrogen-bond acceptors (Lipinski definition) is 5. The summed E-state index contributed by atoms with van der Waals surface area (Å²) >= 11 is 0. The number of benzene rings is 2. The first kappa shape index (κ1) is 19.3. The quantitative estimate of drug-likeness (QED) is 0.775. The molecule has 2 aromatic rings. The summed E-state index contributed by atoms with van der Waals surface area (Å²) in [6.45, 7) is 2.24. The normalized spacial score (nSPS) is 18.5. The summed E-state index contributed by atoms with van der Waals surface area (Å²) in [4.78, 5) is 1.72. The fourth-order valence-electron chi connectivity index (χ4n) is 3.54. The highest BCUT2D eigenvalue weighted by atomic mass is 32.2. The number of piperazine rings is 1. The summed E-state index contributed by atoms with van der Waals surface area (Å²) in [5.74, 6) is -0.478. The number of sulfonamides is 1. The summed E-state index contributed by atoms with van der Waals surface area (Å²) < 4.78 is 65.2. The summed E-state index contributed by atoms with van der Waals surface area (Å²) in [5.41, 5.74) is 1.38. The van der Waals surface area contributed by atoms with Crippen LogP contribution in [0.4, 0.5) is 8.78 Å². The molecule has 1 saturated heterocycles. The van der Waals surface area contributed by atoms with Crippen LogP contribution in [-0.2, 0) is 27.9 Å². The van der Waals surface area contributed by atoms with E-state index in [0.717, 1.165) is 6.07 Å². The van der Waals surface area contributed by atoms with E-state index in [1.54, 1.807) is 0 Å². The van der Waals surface area contributed by atoms with Gasteiger partial charge in [-0.05, 0) is 24.3 Å². The summed E-state index contributed by atoms with van der Waals surface area (Å²) in [5, 5.41) is 0. The number of fused-ring (bicyclic) bond motifs is 1. The van der Waals surface area contributed by atoms with Crippen molar-refractivity contribution >= 4 is 10.0 Å². The second-order valence-electron chi connectivity index (χ2n) is 6.77. The molecule has 0 amide bonds. The number of hydrogen-bond donors (Lipinski definition) is 0. The first-order valence-corrected chi connectivity index (χ1v) is 10.4. The Labute approximate surface area is 162 Å². The van der Waals surface area contributed by atoms with Gasteiger partial charge in [-0.1, -0.05) is 12.1 Å². The molecule has 0 saturated carbocycles. The van der Waals surface area contributed by atoms with Gasteiger partial charge >= 0.3 is 0 Å². The molecule has 28 heavy (non-hydrogen) atoms. The van der Waals surface area contributed by atoms with Crippen LogP contribution in [0, 0.1) is 11.6 Å². The Balaban J connectivity index is 1.46. The third-order valence-corrected chi connectivity index (χ3v) is 6.86. The van der Waals surface area contributed by atoms with Crippen LogP contribution in [0.25, 0.3) is 0 Å². The zero-order valence-electron chi connectivity index (χ0n) is 15.1. The Kier molecular flexibility index (Phi) is 5.33. The molecule has 0 aliphatic carbocycles. The van der Waals surface area contributed by atoms with Crippen molar-refractivity contribution in [1.29, 1.82) is 0 Å². The molecule has 0 aromatic heterocycles. The number of nitrogens with zero attached hydrogens (tertiary/aromatic N) is 2. The fraction of sp³-hybridized carbons (Fsp3) is 0.368. The molecule has 9 heteroatoms. The molecule has 0 bridgehead atoms. The van der Waals surface area contributed by atoms with E-state index in [-0.39, 0.29) is 30.6 Å². The molecule has 150 valence electrons. The number of halogens is 2. The van der Waals surface area contributed by atoms with Crippen LogP contribution in [0.15, 0.2) is 41.3 Å². The molecule has 2 aliphatic rings. The highest BCUT2D eigenvalue weighted by Gasteiger charge is 2.31. The summed E-state index contributed by atoms with van der Waals surface area (Å²) in [7, 11) is -3.88. The second kappa shape index (κ2) is 7.75. The van der Waals surface area contributed by atoms with Crippen LogP contribution in [0.5, 0.6) is 5.75 Å². The molecule has 2 aromatic carbocycles. The average molecular weight is 410 g/mol. The molecule has 4 rings (SSSR count). The Morgan fingerprint density at radius 2 is 1.79 bits per heavy atom. The predicted molar refractivity (Wildman–Crippen MR) is 97.1 cm³/mol. The molecule has 6 nitrogen and oxygen atoms in total. The van der Waals surface area contributed by atoms with Crippen LogP contribution in [0.1, 0.15) is 11.1 Å². The molecule has 0 spiro atoms. The lowest BCUT2D eigenvalue weighted by atomic mass is 10.1. The van der Waals surface area contributed by atoms with Crippen molar-refractivity contribution in [2.24, 2.45) is 0 Å². The molecule has 0 atom stereocenters. The van der Waals surface area contributed by atoms with E-state index in [4.69, 9.17) is 9.47 Å². The van der Waals surface area contributed by atoms with Crippen LogP contribution >= 0.6 is 0 Å². The van der Waals surface area contributed by atoms with E-state index < -0.39 is 15.8 Å². The predicted octanol–water partition coefficient (Wildman–Crippen LogP) is 2.34. The van der Waals surface area contributed by atoms with Gasteiger partial charge in [-0.3, -0.25) is 4.90 Å². The van der Waals surface area contributed by atoms with Gasteiger partial charge in [0.15, 0.2) is 6.79 Å². The summed E-state index contributed by atoms with van der Waals surface area (Å²) in [6, 6.07) is 8.21. The van der Waals surface area contributed by atoms with E-state index >= 15 is 0 Å². The van der Waals surface area contributed by atoms with Crippen molar-refractivity contribution in [1.82, 2.24) is 9.21 Å². The topological polar surface area (TPSA) is 59.1 Å². The third kappa shape index (κ3) is 3.75. The number of rotatable bonds is 4. The first-order chi connectivity index (χ1) is 13.4. The van der Waals surface area contributed by atoms with E-state index in [1.807, 2.05) is 4.90 Å². The van der Waals surface area contributed by atoms with Gasteiger partial charge in [0.2, 0.25) is 10.0 Å². The molecule has 0 radical (unpaired) electrons. The summed E-state index contributed by atoms with van der Waals surface area (Å²) in [6.07, 6.45) is 0. The maximum Gasteiger partial charge on any atom is 0.246 e. The minimum absolute atomic E-state index is 0.125. The SMILES string of the molecule is O=S(=O)(c1ccccc1F)N1CCN(Cc2cc(F)cc3c2OCOC3)CC1. The van der Waals surface area contributed by atoms with Gasteiger partial charge in [-0.2, -0.15) is 4.31 Å². The lowest BCUT2D eigenvalue weighted by Gasteiger charge is -2.34. The van der Waals surface area contributed by atoms with Gasteiger partial charge in [0.1, 0.15) is 22.3 Å². The van der Waals surface area contributed by atoms with E-state index in [2.05, 4.69) is 0 Å². The van der Waals surface area contributed by atoms with Gasteiger partial charge in [0.05, 0.1) is 6.61 Å². The Morgan fingerprint density at radius 3 is 2.54 bits per heavy atom. The van der Waals surface area contributed by atoms with Gasteiger partial charge in [-0.15, -0.1) is 0 Å². The van der Waals surface area contributed by atoms with E-state index in [9.17, 15) is 17.2 Å². The van der Waals surface area contributed by atoms with E-state index in [1.165, 1.54) is 34.6 Å². The highest BCUT2D eigenvalue weighted by Crippen LogP contribution is 2.31. The molecule has 2 aliphatic heterocycles. The van der Waals surface area contributed by atoms with Crippen molar-refractivity contribution < 1.29 is 26.7 Å². The second-order valence-corrected chi connectivity index (χ2v) is 8.68. The molecule has 2 heterocycles. The van der Waals surface area contributed by atoms with Gasteiger partial charge in [0.25, 0.3) is 0 Å². The third-order valence-electron chi connectivity index (χ3n) is 4.93. The maximum absolute atomic E-state index is 13.9. The zero-order valence-corrected chi connectivity index (χ0v) is 15.9. The van der Waals surface area contributed by atoms with Crippen LogP contribution in [-0.4, -0.2) is 50.6 Å². The maximum atomic E-state index is 13.9. The lowest BCUT2D eigenvalue weighted by Crippen LogP contribution is -2.48. The number of ether oxygens (including phenoxy) is 2. The van der Waals surface area contributed by atoms with Gasteiger partial charge in [0, 0.05) is 43.9 Å². The molecule has 0 N–H and O–H groups in total. The monoisotopic (exact) mass is 410 g/mol. The van der Waals surface area contributed by atoms with Crippen molar-refractivity contribution in [3.63, 3.8) is 0 Å². The highest BCUT2D eigenvalue weighted by molar-refractivity contribution is 7.89. The van der Waals surface area contributed by atoms with Crippen LogP contribution in [0.3, 0.4) is 0 Å². The Hall–Kier alpha value is -2.07.